The van der Waals surface area contributed by atoms with Crippen LogP contribution in [0, 0.1) is 5.82 Å². The first-order valence-corrected chi connectivity index (χ1v) is 9.99. The third-order valence-corrected chi connectivity index (χ3v) is 5.39. The molecule has 2 aromatic carbocycles. The van der Waals surface area contributed by atoms with E-state index in [1.165, 1.54) is 19.1 Å². The maximum Gasteiger partial charge on any atom is 0.245 e. The Morgan fingerprint density at radius 3 is 2.77 bits per heavy atom. The first-order valence-electron chi connectivity index (χ1n) is 9.99. The Kier molecular flexibility index (Phi) is 5.81. The number of amides is 2. The van der Waals surface area contributed by atoms with Crippen molar-refractivity contribution in [3.05, 3.63) is 71.7 Å². The van der Waals surface area contributed by atoms with Gasteiger partial charge in [-0.25, -0.2) is 4.39 Å². The van der Waals surface area contributed by atoms with Gasteiger partial charge in [0.25, 0.3) is 0 Å². The molecule has 156 valence electrons. The van der Waals surface area contributed by atoms with E-state index < -0.39 is 6.04 Å². The first kappa shape index (κ1) is 20.1. The summed E-state index contributed by atoms with van der Waals surface area (Å²) in [4.78, 5) is 30.0. The molecule has 1 saturated heterocycles. The van der Waals surface area contributed by atoms with Gasteiger partial charge in [-0.1, -0.05) is 30.3 Å². The maximum atomic E-state index is 13.3. The van der Waals surface area contributed by atoms with Crippen molar-refractivity contribution in [3.63, 3.8) is 0 Å². The van der Waals surface area contributed by atoms with Crippen molar-refractivity contribution in [2.24, 2.45) is 0 Å². The van der Waals surface area contributed by atoms with E-state index in [2.05, 4.69) is 10.3 Å². The average Bonchev–Trinajstić information content (AvgIpc) is 3.16. The van der Waals surface area contributed by atoms with E-state index in [1.54, 1.807) is 17.0 Å². The smallest absolute Gasteiger partial charge is 0.245 e. The molecular formula is C23H24FN3O3. The molecule has 0 bridgehead atoms. The van der Waals surface area contributed by atoms with Crippen LogP contribution in [0.3, 0.4) is 0 Å². The van der Waals surface area contributed by atoms with Crippen LogP contribution >= 0.6 is 0 Å². The Hall–Kier alpha value is -3.19. The van der Waals surface area contributed by atoms with Crippen LogP contribution in [0.4, 0.5) is 4.39 Å². The van der Waals surface area contributed by atoms with Crippen molar-refractivity contribution < 1.29 is 18.7 Å². The van der Waals surface area contributed by atoms with Crippen LogP contribution in [-0.2, 0) is 20.7 Å². The lowest BCUT2D eigenvalue weighted by molar-refractivity contribution is -0.143. The summed E-state index contributed by atoms with van der Waals surface area (Å²) in [5, 5.41) is 3.84. The minimum atomic E-state index is -0.673. The highest BCUT2D eigenvalue weighted by Crippen LogP contribution is 2.24. The summed E-state index contributed by atoms with van der Waals surface area (Å²) in [6, 6.07) is 13.3. The summed E-state index contributed by atoms with van der Waals surface area (Å²) in [7, 11) is 0. The normalized spacial score (nSPS) is 17.7. The Labute approximate surface area is 174 Å². The predicted molar refractivity (Wildman–Crippen MR) is 111 cm³/mol. The van der Waals surface area contributed by atoms with E-state index in [4.69, 9.17) is 4.74 Å². The van der Waals surface area contributed by atoms with Gasteiger partial charge in [-0.15, -0.1) is 0 Å². The molecule has 0 spiro atoms. The Morgan fingerprint density at radius 2 is 2.00 bits per heavy atom. The largest absolute Gasteiger partial charge is 0.370 e. The molecule has 1 aliphatic rings. The molecule has 1 aliphatic heterocycles. The van der Waals surface area contributed by atoms with Crippen molar-refractivity contribution in [2.75, 3.05) is 19.7 Å². The average molecular weight is 409 g/mol. The zero-order valence-corrected chi connectivity index (χ0v) is 16.7. The van der Waals surface area contributed by atoms with E-state index in [1.807, 2.05) is 30.5 Å². The lowest BCUT2D eigenvalue weighted by Crippen LogP contribution is -2.52. The summed E-state index contributed by atoms with van der Waals surface area (Å²) in [6.07, 6.45) is 1.95. The molecule has 2 N–H and O–H groups in total. The molecule has 6 nitrogen and oxygen atoms in total. The molecule has 2 heterocycles. The summed E-state index contributed by atoms with van der Waals surface area (Å²) in [5.74, 6) is -0.714. The van der Waals surface area contributed by atoms with E-state index in [9.17, 15) is 14.0 Å². The van der Waals surface area contributed by atoms with Gasteiger partial charge in [0.2, 0.25) is 11.8 Å². The second-order valence-corrected chi connectivity index (χ2v) is 7.51. The van der Waals surface area contributed by atoms with Gasteiger partial charge in [0, 0.05) is 37.0 Å². The zero-order chi connectivity index (χ0) is 21.1. The van der Waals surface area contributed by atoms with Gasteiger partial charge < -0.3 is 19.9 Å². The van der Waals surface area contributed by atoms with E-state index in [0.29, 0.717) is 26.1 Å². The van der Waals surface area contributed by atoms with Crippen molar-refractivity contribution in [1.29, 1.82) is 0 Å². The van der Waals surface area contributed by atoms with Gasteiger partial charge in [0.1, 0.15) is 18.0 Å². The summed E-state index contributed by atoms with van der Waals surface area (Å²) in [6.45, 7) is 2.60. The number of carbonyl (C=O) groups is 2. The van der Waals surface area contributed by atoms with Gasteiger partial charge >= 0.3 is 0 Å². The minimum Gasteiger partial charge on any atom is -0.370 e. The number of benzene rings is 2. The van der Waals surface area contributed by atoms with Gasteiger partial charge in [-0.3, -0.25) is 9.59 Å². The van der Waals surface area contributed by atoms with Crippen LogP contribution < -0.4 is 5.32 Å². The summed E-state index contributed by atoms with van der Waals surface area (Å²) < 4.78 is 19.0. The molecule has 2 amide bonds. The van der Waals surface area contributed by atoms with Gasteiger partial charge in [0.15, 0.2) is 0 Å². The number of aromatic nitrogens is 1. The molecule has 4 rings (SSSR count). The molecule has 1 fully saturated rings. The minimum absolute atomic E-state index is 0.147. The summed E-state index contributed by atoms with van der Waals surface area (Å²) in [5.41, 5.74) is 2.78. The molecule has 0 radical (unpaired) electrons. The Morgan fingerprint density at radius 1 is 1.23 bits per heavy atom. The molecule has 3 aromatic rings. The van der Waals surface area contributed by atoms with Crippen molar-refractivity contribution in [1.82, 2.24) is 15.2 Å². The third kappa shape index (κ3) is 4.36. The van der Waals surface area contributed by atoms with E-state index in [0.717, 1.165) is 22.0 Å². The number of ether oxygens (including phenoxy) is 1. The van der Waals surface area contributed by atoms with Gasteiger partial charge in [-0.2, -0.15) is 0 Å². The molecule has 30 heavy (non-hydrogen) atoms. The predicted octanol–water partition coefficient (Wildman–Crippen LogP) is 2.95. The molecule has 1 aromatic heterocycles. The van der Waals surface area contributed by atoms with Crippen molar-refractivity contribution >= 4 is 22.7 Å². The molecule has 2 unspecified atom stereocenters. The number of halogens is 1. The highest BCUT2D eigenvalue weighted by Gasteiger charge is 2.31. The number of nitrogens with zero attached hydrogens (tertiary/aromatic N) is 1. The number of hydrogen-bond acceptors (Lipinski definition) is 3. The Bertz CT molecular complexity index is 1050. The van der Waals surface area contributed by atoms with E-state index in [-0.39, 0.29) is 23.7 Å². The fraction of sp³-hybridized carbons (Fsp3) is 0.304. The molecule has 7 heteroatoms. The molecule has 0 saturated carbocycles. The maximum absolute atomic E-state index is 13.3. The van der Waals surface area contributed by atoms with Crippen LogP contribution in [0.2, 0.25) is 0 Å². The topological polar surface area (TPSA) is 74.4 Å². The Balaban J connectivity index is 1.52. The number of fused-ring (bicyclic) bond motifs is 1. The third-order valence-electron chi connectivity index (χ3n) is 5.39. The SMILES string of the molecule is CC(=O)NC(Cc1c[nH]c2ccccc12)C(=O)N1CCOC(c2ccc(F)cc2)C1. The van der Waals surface area contributed by atoms with Crippen molar-refractivity contribution in [2.45, 2.75) is 25.5 Å². The molecule has 2 atom stereocenters. The van der Waals surface area contributed by atoms with Gasteiger partial charge in [-0.05, 0) is 29.3 Å². The number of nitrogens with one attached hydrogen (secondary N) is 2. The quantitative estimate of drug-likeness (QED) is 0.680. The van der Waals surface area contributed by atoms with Crippen LogP contribution in [-0.4, -0.2) is 47.4 Å². The highest BCUT2D eigenvalue weighted by atomic mass is 19.1. The number of morpholine rings is 1. The van der Waals surface area contributed by atoms with Crippen LogP contribution in [0.15, 0.2) is 54.7 Å². The highest BCUT2D eigenvalue weighted by molar-refractivity contribution is 5.89. The number of aromatic amines is 1. The number of carbonyl (C=O) groups excluding carboxylic acids is 2. The molecule has 0 aliphatic carbocycles. The van der Waals surface area contributed by atoms with Gasteiger partial charge in [0.05, 0.1) is 13.2 Å². The standard InChI is InChI=1S/C23H24FN3O3/c1-15(28)26-21(12-17-13-25-20-5-3-2-4-19(17)20)23(29)27-10-11-30-22(14-27)16-6-8-18(24)9-7-16/h2-9,13,21-22,25H,10-12,14H2,1H3,(H,26,28). The first-order chi connectivity index (χ1) is 14.5. The van der Waals surface area contributed by atoms with Crippen LogP contribution in [0.1, 0.15) is 24.2 Å². The van der Waals surface area contributed by atoms with Crippen LogP contribution in [0.5, 0.6) is 0 Å². The second-order valence-electron chi connectivity index (χ2n) is 7.51. The monoisotopic (exact) mass is 409 g/mol. The number of para-hydroxylation sites is 1. The lowest BCUT2D eigenvalue weighted by atomic mass is 10.0. The fourth-order valence-corrected chi connectivity index (χ4v) is 3.91. The molecular weight excluding hydrogens is 385 g/mol. The zero-order valence-electron chi connectivity index (χ0n) is 16.7. The second kappa shape index (κ2) is 8.67. The number of H-pyrrole nitrogens is 1. The van der Waals surface area contributed by atoms with Crippen molar-refractivity contribution in [3.8, 4) is 0 Å². The lowest BCUT2D eigenvalue weighted by Gasteiger charge is -2.35. The fourth-order valence-electron chi connectivity index (χ4n) is 3.91. The number of hydrogen-bond donors (Lipinski definition) is 2. The number of rotatable bonds is 5. The summed E-state index contributed by atoms with van der Waals surface area (Å²) >= 11 is 0. The van der Waals surface area contributed by atoms with E-state index >= 15 is 0 Å². The van der Waals surface area contributed by atoms with Crippen LogP contribution in [0.25, 0.3) is 10.9 Å².